The van der Waals surface area contributed by atoms with E-state index in [1.165, 1.54) is 25.7 Å². The van der Waals surface area contributed by atoms with Crippen molar-refractivity contribution in [3.05, 3.63) is 27.2 Å². The number of benzene rings is 1. The molecular formula is C15H19Cl3N2. The van der Waals surface area contributed by atoms with E-state index in [0.717, 1.165) is 18.8 Å². The molecule has 2 fully saturated rings. The summed E-state index contributed by atoms with van der Waals surface area (Å²) in [5, 5.41) is 5.51. The predicted molar refractivity (Wildman–Crippen MR) is 87.5 cm³/mol. The topological polar surface area (TPSA) is 15.3 Å². The summed E-state index contributed by atoms with van der Waals surface area (Å²) in [5.74, 6) is 0. The number of hydrogen-bond donors (Lipinski definition) is 1. The number of piperazine rings is 1. The number of nitrogens with one attached hydrogen (secondary N) is 1. The molecule has 1 aliphatic heterocycles. The monoisotopic (exact) mass is 332 g/mol. The molecule has 2 aliphatic rings. The van der Waals surface area contributed by atoms with Gasteiger partial charge >= 0.3 is 0 Å². The van der Waals surface area contributed by atoms with E-state index < -0.39 is 0 Å². The number of hydrogen-bond acceptors (Lipinski definition) is 2. The highest BCUT2D eigenvalue weighted by Crippen LogP contribution is 2.39. The molecule has 3 rings (SSSR count). The van der Waals surface area contributed by atoms with Gasteiger partial charge in [0.1, 0.15) is 0 Å². The summed E-state index contributed by atoms with van der Waals surface area (Å²) in [7, 11) is 0. The Bertz CT molecular complexity index is 512. The Morgan fingerprint density at radius 3 is 2.45 bits per heavy atom. The van der Waals surface area contributed by atoms with Gasteiger partial charge in [-0.05, 0) is 31.9 Å². The molecule has 0 aromatic heterocycles. The van der Waals surface area contributed by atoms with Gasteiger partial charge in [0.15, 0.2) is 0 Å². The van der Waals surface area contributed by atoms with Gasteiger partial charge in [0.05, 0.1) is 20.8 Å². The van der Waals surface area contributed by atoms with Crippen LogP contribution in [-0.4, -0.2) is 24.7 Å². The van der Waals surface area contributed by atoms with Gasteiger partial charge in [-0.2, -0.15) is 0 Å². The molecule has 1 aliphatic carbocycles. The van der Waals surface area contributed by atoms with E-state index >= 15 is 0 Å². The summed E-state index contributed by atoms with van der Waals surface area (Å²) >= 11 is 18.6. The van der Waals surface area contributed by atoms with E-state index in [1.54, 1.807) is 6.07 Å². The van der Waals surface area contributed by atoms with Crippen LogP contribution in [-0.2, 0) is 0 Å². The number of rotatable bonds is 1. The molecule has 20 heavy (non-hydrogen) atoms. The van der Waals surface area contributed by atoms with E-state index in [9.17, 15) is 0 Å². The van der Waals surface area contributed by atoms with Crippen LogP contribution in [0, 0.1) is 0 Å². The van der Waals surface area contributed by atoms with Crippen molar-refractivity contribution in [1.82, 2.24) is 5.32 Å². The van der Waals surface area contributed by atoms with Crippen molar-refractivity contribution in [2.75, 3.05) is 18.0 Å². The van der Waals surface area contributed by atoms with Crippen LogP contribution in [0.4, 0.5) is 5.69 Å². The summed E-state index contributed by atoms with van der Waals surface area (Å²) in [6.07, 6.45) is 5.11. The summed E-state index contributed by atoms with van der Waals surface area (Å²) in [5.41, 5.74) is 1.25. The largest absolute Gasteiger partial charge is 0.364 e. The first-order valence-corrected chi connectivity index (χ1v) is 8.30. The van der Waals surface area contributed by atoms with Gasteiger partial charge in [-0.15, -0.1) is 0 Å². The molecule has 110 valence electrons. The highest BCUT2D eigenvalue weighted by atomic mass is 35.5. The van der Waals surface area contributed by atoms with Crippen LogP contribution in [0.2, 0.25) is 15.1 Å². The van der Waals surface area contributed by atoms with Gasteiger partial charge in [0.25, 0.3) is 0 Å². The summed E-state index contributed by atoms with van der Waals surface area (Å²) in [6.45, 7) is 4.19. The third-order valence-corrected chi connectivity index (χ3v) is 5.66. The van der Waals surface area contributed by atoms with Crippen molar-refractivity contribution < 1.29 is 0 Å². The molecular weight excluding hydrogens is 315 g/mol. The van der Waals surface area contributed by atoms with Crippen LogP contribution in [0.15, 0.2) is 12.1 Å². The van der Waals surface area contributed by atoms with E-state index in [-0.39, 0.29) is 5.54 Å². The maximum Gasteiger partial charge on any atom is 0.0655 e. The average Bonchev–Trinajstić information content (AvgIpc) is 2.86. The minimum Gasteiger partial charge on any atom is -0.364 e. The Morgan fingerprint density at radius 1 is 1.10 bits per heavy atom. The lowest BCUT2D eigenvalue weighted by atomic mass is 9.92. The van der Waals surface area contributed by atoms with E-state index in [0.29, 0.717) is 21.1 Å². The summed E-state index contributed by atoms with van der Waals surface area (Å²) in [6, 6.07) is 4.05. The first-order valence-electron chi connectivity index (χ1n) is 7.17. The van der Waals surface area contributed by atoms with Crippen molar-refractivity contribution in [2.45, 2.75) is 44.2 Å². The number of anilines is 1. The second-order valence-electron chi connectivity index (χ2n) is 6.06. The number of halogens is 3. The lowest BCUT2D eigenvalue weighted by Gasteiger charge is -2.46. The first kappa shape index (κ1) is 14.8. The van der Waals surface area contributed by atoms with Crippen molar-refractivity contribution in [3.8, 4) is 0 Å². The Kier molecular flexibility index (Phi) is 4.11. The molecule has 0 amide bonds. The Morgan fingerprint density at radius 2 is 1.75 bits per heavy atom. The third-order valence-electron chi connectivity index (χ3n) is 4.64. The highest BCUT2D eigenvalue weighted by Gasteiger charge is 2.40. The predicted octanol–water partition coefficient (Wildman–Crippen LogP) is 4.76. The van der Waals surface area contributed by atoms with Crippen LogP contribution in [0.25, 0.3) is 0 Å². The van der Waals surface area contributed by atoms with Crippen molar-refractivity contribution in [1.29, 1.82) is 0 Å². The van der Waals surface area contributed by atoms with Crippen LogP contribution in [0.3, 0.4) is 0 Å². The highest BCUT2D eigenvalue weighted by molar-refractivity contribution is 6.44. The Balaban J connectivity index is 1.93. The quantitative estimate of drug-likeness (QED) is 0.746. The molecule has 5 heteroatoms. The van der Waals surface area contributed by atoms with Crippen molar-refractivity contribution in [3.63, 3.8) is 0 Å². The van der Waals surface area contributed by atoms with Gasteiger partial charge in [0.2, 0.25) is 0 Å². The van der Waals surface area contributed by atoms with Crippen molar-refractivity contribution >= 4 is 40.5 Å². The smallest absolute Gasteiger partial charge is 0.0655 e. The molecule has 1 N–H and O–H groups in total. The van der Waals surface area contributed by atoms with Crippen LogP contribution in [0.5, 0.6) is 0 Å². The number of nitrogens with zero attached hydrogens (tertiary/aromatic N) is 1. The molecule has 1 unspecified atom stereocenters. The molecule has 2 nitrogen and oxygen atoms in total. The summed E-state index contributed by atoms with van der Waals surface area (Å²) < 4.78 is 0. The van der Waals surface area contributed by atoms with Crippen molar-refractivity contribution in [2.24, 2.45) is 0 Å². The Hall–Kier alpha value is -0.150. The Labute approximate surface area is 135 Å². The fourth-order valence-corrected chi connectivity index (χ4v) is 4.10. The second kappa shape index (κ2) is 5.57. The molecule has 1 spiro atoms. The minimum atomic E-state index is 0.252. The minimum absolute atomic E-state index is 0.252. The van der Waals surface area contributed by atoms with Gasteiger partial charge in [0, 0.05) is 24.7 Å². The molecule has 1 saturated carbocycles. The fraction of sp³-hybridized carbons (Fsp3) is 0.600. The van der Waals surface area contributed by atoms with Gasteiger partial charge in [-0.3, -0.25) is 0 Å². The zero-order chi connectivity index (χ0) is 14.3. The van der Waals surface area contributed by atoms with Gasteiger partial charge in [-0.1, -0.05) is 47.6 Å². The average molecular weight is 334 g/mol. The maximum absolute atomic E-state index is 6.39. The summed E-state index contributed by atoms with van der Waals surface area (Å²) in [4.78, 5) is 2.38. The molecule has 1 atom stereocenters. The zero-order valence-corrected chi connectivity index (χ0v) is 13.8. The molecule has 1 aromatic carbocycles. The van der Waals surface area contributed by atoms with Gasteiger partial charge in [-0.25, -0.2) is 0 Å². The molecule has 1 heterocycles. The first-order chi connectivity index (χ1) is 9.51. The van der Waals surface area contributed by atoms with Crippen LogP contribution >= 0.6 is 34.8 Å². The van der Waals surface area contributed by atoms with E-state index in [4.69, 9.17) is 34.8 Å². The lowest BCUT2D eigenvalue weighted by Crippen LogP contribution is -2.62. The molecule has 1 saturated heterocycles. The lowest BCUT2D eigenvalue weighted by molar-refractivity contribution is 0.276. The fourth-order valence-electron chi connectivity index (χ4n) is 3.45. The van der Waals surface area contributed by atoms with E-state index in [1.807, 2.05) is 6.07 Å². The standard InChI is InChI=1S/C15H19Cl3N2/c1-10-8-19-15(4-2-3-5-15)9-20(10)14-7-12(17)11(16)6-13(14)18/h6-7,10,19H,2-5,8-9H2,1H3. The normalized spacial score (nSPS) is 25.4. The second-order valence-corrected chi connectivity index (χ2v) is 7.28. The van der Waals surface area contributed by atoms with Crippen LogP contribution < -0.4 is 10.2 Å². The maximum atomic E-state index is 6.39. The van der Waals surface area contributed by atoms with Crippen LogP contribution in [0.1, 0.15) is 32.6 Å². The third kappa shape index (κ3) is 2.64. The van der Waals surface area contributed by atoms with Gasteiger partial charge < -0.3 is 10.2 Å². The SMILES string of the molecule is CC1CNC2(CCCC2)CN1c1cc(Cl)c(Cl)cc1Cl. The molecule has 1 aromatic rings. The zero-order valence-electron chi connectivity index (χ0n) is 11.6. The van der Waals surface area contributed by atoms with E-state index in [2.05, 4.69) is 17.1 Å². The molecule has 0 radical (unpaired) electrons. The molecule has 0 bridgehead atoms.